The monoisotopic (exact) mass is 479 g/mol. The van der Waals surface area contributed by atoms with E-state index in [-0.39, 0.29) is 28.8 Å². The minimum Gasteiger partial charge on any atom is -0.395 e. The van der Waals surface area contributed by atoms with Crippen LogP contribution in [-0.2, 0) is 10.0 Å². The van der Waals surface area contributed by atoms with Crippen molar-refractivity contribution in [2.75, 3.05) is 62.6 Å². The quantitative estimate of drug-likeness (QED) is 0.377. The average Bonchev–Trinajstić information content (AvgIpc) is 2.80. The van der Waals surface area contributed by atoms with Gasteiger partial charge in [-0.2, -0.15) is 4.31 Å². The number of β-amino-alcohol motifs (C(OH)–C–C–N with tert-alkyl or cyclic N) is 1. The number of rotatable bonds is 10. The molecule has 2 N–H and O–H groups in total. The molecule has 3 rings (SSSR count). The van der Waals surface area contributed by atoms with E-state index in [2.05, 4.69) is 20.2 Å². The normalized spacial score (nSPS) is 15.1. The molecular formula is C20H29N7O5S. The molecule has 33 heavy (non-hydrogen) atoms. The first-order valence-corrected chi connectivity index (χ1v) is 12.2. The molecule has 0 radical (unpaired) electrons. The number of nitro groups is 1. The van der Waals surface area contributed by atoms with Gasteiger partial charge in [-0.15, -0.1) is 0 Å². The van der Waals surface area contributed by atoms with Gasteiger partial charge in [0.05, 0.1) is 16.4 Å². The van der Waals surface area contributed by atoms with E-state index in [1.54, 1.807) is 26.0 Å². The van der Waals surface area contributed by atoms with Crippen molar-refractivity contribution in [2.24, 2.45) is 0 Å². The number of aliphatic hydroxyl groups is 1. The summed E-state index contributed by atoms with van der Waals surface area (Å²) in [7, 11) is -3.60. The van der Waals surface area contributed by atoms with E-state index in [1.165, 1.54) is 22.8 Å². The smallest absolute Gasteiger partial charge is 0.353 e. The van der Waals surface area contributed by atoms with Gasteiger partial charge < -0.3 is 15.3 Å². The Balaban J connectivity index is 1.83. The number of anilines is 3. The maximum Gasteiger partial charge on any atom is 0.353 e. The lowest BCUT2D eigenvalue weighted by molar-refractivity contribution is -0.383. The lowest BCUT2D eigenvalue weighted by Crippen LogP contribution is -2.47. The Morgan fingerprint density at radius 2 is 1.76 bits per heavy atom. The summed E-state index contributed by atoms with van der Waals surface area (Å²) < 4.78 is 26.7. The Morgan fingerprint density at radius 3 is 2.30 bits per heavy atom. The van der Waals surface area contributed by atoms with Crippen LogP contribution >= 0.6 is 0 Å². The maximum atomic E-state index is 12.7. The molecule has 1 aromatic carbocycles. The Kier molecular flexibility index (Phi) is 8.13. The van der Waals surface area contributed by atoms with E-state index in [0.717, 1.165) is 0 Å². The first kappa shape index (κ1) is 24.8. The zero-order valence-corrected chi connectivity index (χ0v) is 19.5. The molecule has 0 unspecified atom stereocenters. The third-order valence-electron chi connectivity index (χ3n) is 5.53. The Labute approximate surface area is 193 Å². The van der Waals surface area contributed by atoms with Crippen LogP contribution in [0.2, 0.25) is 0 Å². The number of hydrogen-bond donors (Lipinski definition) is 2. The molecule has 0 atom stereocenters. The Bertz CT molecular complexity index is 1050. The van der Waals surface area contributed by atoms with Crippen molar-refractivity contribution < 1.29 is 18.4 Å². The largest absolute Gasteiger partial charge is 0.395 e. The van der Waals surface area contributed by atoms with Crippen LogP contribution in [0.1, 0.15) is 13.8 Å². The number of piperazine rings is 1. The molecule has 0 spiro atoms. The molecule has 1 saturated heterocycles. The molecule has 0 saturated carbocycles. The fraction of sp³-hybridized carbons (Fsp3) is 0.500. The number of benzene rings is 1. The van der Waals surface area contributed by atoms with Crippen LogP contribution < -0.4 is 10.2 Å². The number of aromatic nitrogens is 2. The number of nitrogens with one attached hydrogen (secondary N) is 1. The molecule has 1 fully saturated rings. The summed E-state index contributed by atoms with van der Waals surface area (Å²) >= 11 is 0. The molecule has 1 aromatic heterocycles. The van der Waals surface area contributed by atoms with E-state index in [9.17, 15) is 18.5 Å². The molecule has 2 heterocycles. The van der Waals surface area contributed by atoms with E-state index in [0.29, 0.717) is 51.5 Å². The predicted molar refractivity (Wildman–Crippen MR) is 124 cm³/mol. The zero-order chi connectivity index (χ0) is 24.0. The summed E-state index contributed by atoms with van der Waals surface area (Å²) in [5.74, 6) is 0.254. The van der Waals surface area contributed by atoms with Crippen molar-refractivity contribution in [1.82, 2.24) is 19.2 Å². The summed E-state index contributed by atoms with van der Waals surface area (Å²) in [4.78, 5) is 23.7. The van der Waals surface area contributed by atoms with Gasteiger partial charge in [-0.25, -0.2) is 18.4 Å². The fourth-order valence-electron chi connectivity index (χ4n) is 3.74. The second-order valence-electron chi connectivity index (χ2n) is 7.44. The van der Waals surface area contributed by atoms with E-state index in [1.807, 2.05) is 4.90 Å². The predicted octanol–water partition coefficient (Wildman–Crippen LogP) is 1.27. The molecular weight excluding hydrogens is 450 g/mol. The van der Waals surface area contributed by atoms with Gasteiger partial charge in [0.2, 0.25) is 21.7 Å². The van der Waals surface area contributed by atoms with E-state index >= 15 is 0 Å². The van der Waals surface area contributed by atoms with Crippen molar-refractivity contribution in [1.29, 1.82) is 0 Å². The van der Waals surface area contributed by atoms with Crippen LogP contribution in [0.5, 0.6) is 0 Å². The van der Waals surface area contributed by atoms with Gasteiger partial charge in [0.15, 0.2) is 0 Å². The van der Waals surface area contributed by atoms with Crippen molar-refractivity contribution in [3.05, 3.63) is 40.7 Å². The molecule has 0 aliphatic carbocycles. The first-order chi connectivity index (χ1) is 15.8. The molecule has 0 amide bonds. The van der Waals surface area contributed by atoms with Gasteiger partial charge >= 0.3 is 5.69 Å². The van der Waals surface area contributed by atoms with Crippen molar-refractivity contribution in [3.63, 3.8) is 0 Å². The van der Waals surface area contributed by atoms with E-state index in [4.69, 9.17) is 5.11 Å². The summed E-state index contributed by atoms with van der Waals surface area (Å²) in [5, 5.41) is 23.9. The van der Waals surface area contributed by atoms with Gasteiger partial charge in [-0.3, -0.25) is 15.0 Å². The zero-order valence-electron chi connectivity index (χ0n) is 18.7. The van der Waals surface area contributed by atoms with Crippen LogP contribution in [0.4, 0.5) is 23.0 Å². The Morgan fingerprint density at radius 1 is 1.12 bits per heavy atom. The number of sulfonamides is 1. The summed E-state index contributed by atoms with van der Waals surface area (Å²) in [6.45, 7) is 7.30. The van der Waals surface area contributed by atoms with Gasteiger partial charge in [0.1, 0.15) is 6.33 Å². The summed E-state index contributed by atoms with van der Waals surface area (Å²) in [5.41, 5.74) is 0.224. The molecule has 1 aliphatic rings. The number of aliphatic hydroxyl groups excluding tert-OH is 1. The SMILES string of the molecule is CCN(CC)S(=O)(=O)c1ccc(Nc2ncnc(N3CCN(CCO)CC3)c2[N+](=O)[O-])cc1. The first-order valence-electron chi connectivity index (χ1n) is 10.8. The van der Waals surface area contributed by atoms with Gasteiger partial charge in [0.25, 0.3) is 0 Å². The maximum absolute atomic E-state index is 12.7. The second-order valence-corrected chi connectivity index (χ2v) is 9.38. The highest BCUT2D eigenvalue weighted by atomic mass is 32.2. The Hall–Kier alpha value is -2.87. The van der Waals surface area contributed by atoms with Crippen LogP contribution in [-0.4, -0.2) is 90.0 Å². The number of hydrogen-bond acceptors (Lipinski definition) is 10. The van der Waals surface area contributed by atoms with Crippen LogP contribution in [0.15, 0.2) is 35.5 Å². The van der Waals surface area contributed by atoms with Crippen molar-refractivity contribution in [2.45, 2.75) is 18.7 Å². The van der Waals surface area contributed by atoms with Gasteiger partial charge in [0, 0.05) is 51.5 Å². The summed E-state index contributed by atoms with van der Waals surface area (Å²) in [6.07, 6.45) is 1.27. The third-order valence-corrected chi connectivity index (χ3v) is 7.60. The minimum absolute atomic E-state index is 0.0298. The molecule has 0 bridgehead atoms. The van der Waals surface area contributed by atoms with E-state index < -0.39 is 14.9 Å². The molecule has 12 nitrogen and oxygen atoms in total. The average molecular weight is 480 g/mol. The lowest BCUT2D eigenvalue weighted by atomic mass is 10.2. The highest BCUT2D eigenvalue weighted by Gasteiger charge is 2.29. The minimum atomic E-state index is -3.60. The summed E-state index contributed by atoms with van der Waals surface area (Å²) in [6, 6.07) is 6.03. The van der Waals surface area contributed by atoms with Crippen molar-refractivity contribution in [3.8, 4) is 0 Å². The van der Waals surface area contributed by atoms with Crippen molar-refractivity contribution >= 4 is 33.0 Å². The van der Waals surface area contributed by atoms with Crippen LogP contribution in [0.25, 0.3) is 0 Å². The molecule has 13 heteroatoms. The van der Waals surface area contributed by atoms with Crippen LogP contribution in [0.3, 0.4) is 0 Å². The van der Waals surface area contributed by atoms with Gasteiger partial charge in [-0.05, 0) is 24.3 Å². The number of nitrogens with zero attached hydrogens (tertiary/aromatic N) is 6. The lowest BCUT2D eigenvalue weighted by Gasteiger charge is -2.34. The van der Waals surface area contributed by atoms with Crippen LogP contribution in [0, 0.1) is 10.1 Å². The fourth-order valence-corrected chi connectivity index (χ4v) is 5.20. The highest BCUT2D eigenvalue weighted by molar-refractivity contribution is 7.89. The topological polar surface area (TPSA) is 145 Å². The highest BCUT2D eigenvalue weighted by Crippen LogP contribution is 2.34. The molecule has 180 valence electrons. The van der Waals surface area contributed by atoms with Gasteiger partial charge in [-0.1, -0.05) is 13.8 Å². The third kappa shape index (κ3) is 5.55. The standard InChI is InChI=1S/C20H29N7O5S/c1-3-26(4-2)33(31,32)17-7-5-16(6-8-17)23-19-18(27(29)30)20(22-15-21-19)25-11-9-24(10-12-25)13-14-28/h5-8,15,28H,3-4,9-14H2,1-2H3,(H,21,22,23). The molecule has 2 aromatic rings. The molecule has 1 aliphatic heterocycles. The second kappa shape index (κ2) is 10.8.